The highest BCUT2D eigenvalue weighted by molar-refractivity contribution is 5.90. The fourth-order valence-electron chi connectivity index (χ4n) is 4.75. The number of rotatable bonds is 11. The maximum absolute atomic E-state index is 12.9. The van der Waals surface area contributed by atoms with Gasteiger partial charge in [0.15, 0.2) is 18.7 Å². The highest BCUT2D eigenvalue weighted by Crippen LogP contribution is 2.30. The van der Waals surface area contributed by atoms with Crippen molar-refractivity contribution in [2.24, 2.45) is 0 Å². The van der Waals surface area contributed by atoms with Gasteiger partial charge in [-0.2, -0.15) is 0 Å². The minimum atomic E-state index is -1.50. The SMILES string of the molecule is COc1ccc(C(=O)O[C@@H]2[C@@H](O)[C@@H](O)[C@H](OC)O[C@H]2CC[C@H]2O[C@H](OC)C=C[C@@H]2OC(=O)c2ccc(OC)cc2)cc1. The molecule has 0 radical (unpaired) electrons. The van der Waals surface area contributed by atoms with E-state index >= 15 is 0 Å². The fourth-order valence-corrected chi connectivity index (χ4v) is 4.75. The van der Waals surface area contributed by atoms with Gasteiger partial charge < -0.3 is 48.1 Å². The third kappa shape index (κ3) is 7.46. The Hall–Kier alpha value is -3.52. The van der Waals surface area contributed by atoms with Crippen molar-refractivity contribution < 1.29 is 57.7 Å². The third-order valence-electron chi connectivity index (χ3n) is 7.11. The number of carbonyl (C=O) groups is 2. The van der Waals surface area contributed by atoms with E-state index in [-0.39, 0.29) is 18.4 Å². The van der Waals surface area contributed by atoms with E-state index in [4.69, 9.17) is 37.9 Å². The van der Waals surface area contributed by atoms with Crippen molar-refractivity contribution in [1.82, 2.24) is 0 Å². The maximum atomic E-state index is 12.9. The summed E-state index contributed by atoms with van der Waals surface area (Å²) in [6, 6.07) is 12.7. The van der Waals surface area contributed by atoms with Crippen LogP contribution in [0.4, 0.5) is 0 Å². The van der Waals surface area contributed by atoms with Crippen LogP contribution in [0.5, 0.6) is 11.5 Å². The molecule has 4 rings (SSSR count). The Kier molecular flexibility index (Phi) is 10.9. The number of aliphatic hydroxyl groups excluding tert-OH is 2. The molecule has 2 heterocycles. The van der Waals surface area contributed by atoms with Crippen LogP contribution >= 0.6 is 0 Å². The van der Waals surface area contributed by atoms with Crippen molar-refractivity contribution in [3.63, 3.8) is 0 Å². The number of hydrogen-bond donors (Lipinski definition) is 2. The molecule has 2 N–H and O–H groups in total. The van der Waals surface area contributed by atoms with E-state index in [2.05, 4.69) is 0 Å². The van der Waals surface area contributed by atoms with Crippen molar-refractivity contribution in [2.75, 3.05) is 28.4 Å². The Bertz CT molecular complexity index is 1200. The Labute approximate surface area is 243 Å². The highest BCUT2D eigenvalue weighted by Gasteiger charge is 2.47. The molecule has 1 saturated heterocycles. The summed E-state index contributed by atoms with van der Waals surface area (Å²) in [5.41, 5.74) is 0.553. The summed E-state index contributed by atoms with van der Waals surface area (Å²) in [6.45, 7) is 0. The number of methoxy groups -OCH3 is 4. The van der Waals surface area contributed by atoms with Gasteiger partial charge in [0.2, 0.25) is 0 Å². The van der Waals surface area contributed by atoms with Gasteiger partial charge in [-0.05, 0) is 73.5 Å². The summed E-state index contributed by atoms with van der Waals surface area (Å²) in [4.78, 5) is 25.8. The average molecular weight is 589 g/mol. The minimum absolute atomic E-state index is 0.176. The molecule has 2 aromatic rings. The lowest BCUT2D eigenvalue weighted by atomic mass is 9.93. The Morgan fingerprint density at radius 3 is 1.76 bits per heavy atom. The van der Waals surface area contributed by atoms with Gasteiger partial charge in [-0.25, -0.2) is 9.59 Å². The predicted octanol–water partition coefficient (Wildman–Crippen LogP) is 2.26. The first-order chi connectivity index (χ1) is 20.3. The molecule has 0 spiro atoms. The van der Waals surface area contributed by atoms with E-state index in [0.717, 1.165) is 0 Å². The summed E-state index contributed by atoms with van der Waals surface area (Å²) < 4.78 is 44.1. The van der Waals surface area contributed by atoms with Crippen LogP contribution < -0.4 is 9.47 Å². The van der Waals surface area contributed by atoms with Gasteiger partial charge in [0, 0.05) is 14.2 Å². The van der Waals surface area contributed by atoms with Crippen molar-refractivity contribution in [2.45, 2.75) is 62.0 Å². The van der Waals surface area contributed by atoms with Crippen molar-refractivity contribution in [1.29, 1.82) is 0 Å². The first-order valence-electron chi connectivity index (χ1n) is 13.4. The lowest BCUT2D eigenvalue weighted by molar-refractivity contribution is -0.291. The molecule has 1 fully saturated rings. The molecule has 0 aliphatic carbocycles. The maximum Gasteiger partial charge on any atom is 0.338 e. The van der Waals surface area contributed by atoms with Gasteiger partial charge in [-0.1, -0.05) is 0 Å². The lowest BCUT2D eigenvalue weighted by Gasteiger charge is -2.42. The van der Waals surface area contributed by atoms with E-state index in [1.807, 2.05) is 0 Å². The molecule has 2 aliphatic heterocycles. The smallest absolute Gasteiger partial charge is 0.338 e. The second-order valence-corrected chi connectivity index (χ2v) is 9.70. The molecule has 12 nitrogen and oxygen atoms in total. The molecule has 2 aliphatic rings. The van der Waals surface area contributed by atoms with Crippen molar-refractivity contribution in [3.05, 3.63) is 71.8 Å². The Balaban J connectivity index is 1.48. The molecule has 0 bridgehead atoms. The van der Waals surface area contributed by atoms with Crippen molar-refractivity contribution in [3.8, 4) is 11.5 Å². The standard InChI is InChI=1S/C30H36O12/c1-35-19-9-5-17(6-10-19)28(33)40-22-15-16-24(37-3)39-21(22)13-14-23-27(25(31)26(32)30(38-4)41-23)42-29(34)18-7-11-20(36-2)12-8-18/h5-12,15-16,21-27,30-32H,13-14H2,1-4H3/t21-,22+,23+,24+,25+,26-,27+,30-/m1/s1. The minimum Gasteiger partial charge on any atom is -0.497 e. The number of carbonyl (C=O) groups excluding carboxylic acids is 2. The van der Waals surface area contributed by atoms with E-state index < -0.39 is 61.1 Å². The predicted molar refractivity (Wildman–Crippen MR) is 146 cm³/mol. The number of aliphatic hydroxyl groups is 2. The van der Waals surface area contributed by atoms with E-state index in [0.29, 0.717) is 17.1 Å². The molecule has 228 valence electrons. The summed E-state index contributed by atoms with van der Waals surface area (Å²) >= 11 is 0. The molecule has 0 amide bonds. The Morgan fingerprint density at radius 2 is 1.24 bits per heavy atom. The van der Waals surface area contributed by atoms with Gasteiger partial charge in [-0.15, -0.1) is 0 Å². The van der Waals surface area contributed by atoms with Gasteiger partial charge in [0.1, 0.15) is 42.0 Å². The second-order valence-electron chi connectivity index (χ2n) is 9.70. The number of ether oxygens (including phenoxy) is 8. The molecule has 0 aromatic heterocycles. The number of hydrogen-bond acceptors (Lipinski definition) is 12. The molecular formula is C30H36O12. The highest BCUT2D eigenvalue weighted by atomic mass is 16.7. The van der Waals surface area contributed by atoms with Crippen molar-refractivity contribution >= 4 is 11.9 Å². The number of esters is 2. The molecule has 2 aromatic carbocycles. The van der Waals surface area contributed by atoms with Crippen LogP contribution in [0.25, 0.3) is 0 Å². The van der Waals surface area contributed by atoms with Crippen LogP contribution in [0.1, 0.15) is 33.6 Å². The first-order valence-corrected chi connectivity index (χ1v) is 13.4. The molecule has 8 atom stereocenters. The van der Waals surface area contributed by atoms with E-state index in [1.165, 1.54) is 40.6 Å². The third-order valence-corrected chi connectivity index (χ3v) is 7.11. The van der Waals surface area contributed by atoms with E-state index in [9.17, 15) is 19.8 Å². The molecular weight excluding hydrogens is 552 g/mol. The van der Waals surface area contributed by atoms with Crippen LogP contribution in [0, 0.1) is 0 Å². The topological polar surface area (TPSA) is 148 Å². The van der Waals surface area contributed by atoms with Gasteiger partial charge in [0.05, 0.1) is 25.3 Å². The van der Waals surface area contributed by atoms with Crippen LogP contribution in [0.2, 0.25) is 0 Å². The van der Waals surface area contributed by atoms with Gasteiger partial charge in [-0.3, -0.25) is 0 Å². The summed E-state index contributed by atoms with van der Waals surface area (Å²) in [5, 5.41) is 21.4. The Morgan fingerprint density at radius 1 is 0.690 bits per heavy atom. The van der Waals surface area contributed by atoms with Crippen LogP contribution in [-0.2, 0) is 28.4 Å². The number of benzene rings is 2. The fraction of sp³-hybridized carbons (Fsp3) is 0.467. The quantitative estimate of drug-likeness (QED) is 0.293. The zero-order chi connectivity index (χ0) is 30.2. The first kappa shape index (κ1) is 31.4. The van der Waals surface area contributed by atoms with Gasteiger partial charge >= 0.3 is 11.9 Å². The zero-order valence-electron chi connectivity index (χ0n) is 23.8. The second kappa shape index (κ2) is 14.6. The van der Waals surface area contributed by atoms with Crippen LogP contribution in [0.15, 0.2) is 60.7 Å². The van der Waals surface area contributed by atoms with Gasteiger partial charge in [0.25, 0.3) is 0 Å². The summed E-state index contributed by atoms with van der Waals surface area (Å²) in [7, 11) is 5.85. The largest absolute Gasteiger partial charge is 0.497 e. The normalized spacial score (nSPS) is 29.0. The van der Waals surface area contributed by atoms with E-state index in [1.54, 1.807) is 48.6 Å². The molecule has 42 heavy (non-hydrogen) atoms. The lowest BCUT2D eigenvalue weighted by Crippen LogP contribution is -2.59. The zero-order valence-corrected chi connectivity index (χ0v) is 23.8. The van der Waals surface area contributed by atoms with Crippen LogP contribution in [0.3, 0.4) is 0 Å². The summed E-state index contributed by atoms with van der Waals surface area (Å²) in [5.74, 6) is -0.123. The summed E-state index contributed by atoms with van der Waals surface area (Å²) in [6.07, 6.45) is -4.66. The van der Waals surface area contributed by atoms with Crippen LogP contribution in [-0.4, -0.2) is 99.8 Å². The average Bonchev–Trinajstić information content (AvgIpc) is 3.03. The monoisotopic (exact) mass is 588 g/mol. The molecule has 0 saturated carbocycles. The molecule has 12 heteroatoms. The molecule has 0 unspecified atom stereocenters.